The summed E-state index contributed by atoms with van der Waals surface area (Å²) in [6.07, 6.45) is 12.8. The lowest BCUT2D eigenvalue weighted by molar-refractivity contribution is -0.0973. The highest BCUT2D eigenvalue weighted by atomic mass is 19.2. The maximum atomic E-state index is 14.4. The van der Waals surface area contributed by atoms with Gasteiger partial charge in [-0.3, -0.25) is 0 Å². The maximum Gasteiger partial charge on any atom is 0.204 e. The van der Waals surface area contributed by atoms with Gasteiger partial charge in [-0.05, 0) is 94.1 Å². The van der Waals surface area contributed by atoms with Gasteiger partial charge in [-0.1, -0.05) is 6.08 Å². The third-order valence-corrected chi connectivity index (χ3v) is 7.70. The van der Waals surface area contributed by atoms with Crippen LogP contribution >= 0.6 is 0 Å². The third kappa shape index (κ3) is 6.48. The van der Waals surface area contributed by atoms with Crippen LogP contribution < -0.4 is 9.47 Å². The zero-order valence-corrected chi connectivity index (χ0v) is 19.6. The molecule has 0 atom stereocenters. The van der Waals surface area contributed by atoms with Gasteiger partial charge in [-0.25, -0.2) is 0 Å². The van der Waals surface area contributed by atoms with Crippen molar-refractivity contribution in [3.63, 3.8) is 0 Å². The first kappa shape index (κ1) is 24.5. The molecular weight excluding hydrogens is 426 g/mol. The van der Waals surface area contributed by atoms with Crippen LogP contribution in [0.3, 0.4) is 0 Å². The predicted octanol–water partition coefficient (Wildman–Crippen LogP) is 6.67. The topological polar surface area (TPSA) is 36.9 Å². The summed E-state index contributed by atoms with van der Waals surface area (Å²) in [5, 5.41) is 0. The van der Waals surface area contributed by atoms with Crippen LogP contribution in [0.25, 0.3) is 0 Å². The average molecular weight is 465 g/mol. The maximum absolute atomic E-state index is 14.4. The SMILES string of the molecule is C=CCCCOc1ccc(OCC2CCC(C3CCC(C4OCCO4)CC3)CC2)c(F)c1F. The average Bonchev–Trinajstić information content (AvgIpc) is 3.39. The smallest absolute Gasteiger partial charge is 0.204 e. The molecule has 1 aromatic carbocycles. The summed E-state index contributed by atoms with van der Waals surface area (Å²) in [6, 6.07) is 2.93. The fourth-order valence-electron chi connectivity index (χ4n) is 5.72. The summed E-state index contributed by atoms with van der Waals surface area (Å²) in [7, 11) is 0. The van der Waals surface area contributed by atoms with Gasteiger partial charge >= 0.3 is 0 Å². The lowest BCUT2D eigenvalue weighted by Crippen LogP contribution is -2.31. The second-order valence-electron chi connectivity index (χ2n) is 9.85. The van der Waals surface area contributed by atoms with Crippen molar-refractivity contribution in [3.8, 4) is 11.5 Å². The van der Waals surface area contributed by atoms with Crippen LogP contribution in [0.4, 0.5) is 8.78 Å². The Morgan fingerprint density at radius 3 is 1.97 bits per heavy atom. The van der Waals surface area contributed by atoms with E-state index in [1.807, 2.05) is 0 Å². The number of hydrogen-bond donors (Lipinski definition) is 0. The van der Waals surface area contributed by atoms with Crippen molar-refractivity contribution in [2.24, 2.45) is 23.7 Å². The molecule has 0 N–H and O–H groups in total. The van der Waals surface area contributed by atoms with Crippen molar-refractivity contribution >= 4 is 0 Å². The van der Waals surface area contributed by atoms with Crippen molar-refractivity contribution < 1.29 is 27.7 Å². The highest BCUT2D eigenvalue weighted by molar-refractivity contribution is 5.35. The monoisotopic (exact) mass is 464 g/mol. The highest BCUT2D eigenvalue weighted by Gasteiger charge is 2.35. The van der Waals surface area contributed by atoms with Crippen LogP contribution in [0.1, 0.15) is 64.2 Å². The standard InChI is InChI=1S/C27H38F2O4/c1-2-3-4-15-30-23-13-14-24(26(29)25(23)28)33-18-19-5-7-20(8-6-19)21-9-11-22(12-10-21)27-31-16-17-32-27/h2,13-14,19-22,27H,1,3-12,15-18H2. The number of ether oxygens (including phenoxy) is 4. The quantitative estimate of drug-likeness (QED) is 0.286. The Labute approximate surface area is 196 Å². The molecule has 0 spiro atoms. The van der Waals surface area contributed by atoms with E-state index in [0.717, 1.165) is 50.7 Å². The fourth-order valence-corrected chi connectivity index (χ4v) is 5.72. The summed E-state index contributed by atoms with van der Waals surface area (Å²) < 4.78 is 51.2. The van der Waals surface area contributed by atoms with E-state index < -0.39 is 11.6 Å². The minimum atomic E-state index is -0.973. The van der Waals surface area contributed by atoms with Gasteiger partial charge in [0, 0.05) is 5.92 Å². The van der Waals surface area contributed by atoms with Gasteiger partial charge in [0.25, 0.3) is 0 Å². The van der Waals surface area contributed by atoms with E-state index in [1.54, 1.807) is 6.08 Å². The fraction of sp³-hybridized carbons (Fsp3) is 0.704. The molecule has 0 bridgehead atoms. The molecule has 1 aromatic rings. The van der Waals surface area contributed by atoms with Crippen molar-refractivity contribution in [2.45, 2.75) is 70.5 Å². The van der Waals surface area contributed by atoms with E-state index >= 15 is 0 Å². The molecule has 3 aliphatic rings. The van der Waals surface area contributed by atoms with Gasteiger partial charge in [0.1, 0.15) is 0 Å². The second-order valence-corrected chi connectivity index (χ2v) is 9.85. The largest absolute Gasteiger partial charge is 0.490 e. The van der Waals surface area contributed by atoms with Crippen LogP contribution in [0.15, 0.2) is 24.8 Å². The Balaban J connectivity index is 1.17. The molecule has 6 heteroatoms. The molecule has 184 valence electrons. The molecule has 0 aromatic heterocycles. The van der Waals surface area contributed by atoms with Gasteiger partial charge in [0.2, 0.25) is 11.6 Å². The number of benzene rings is 1. The Hall–Kier alpha value is -1.66. The van der Waals surface area contributed by atoms with Gasteiger partial charge in [0.15, 0.2) is 17.8 Å². The number of rotatable bonds is 10. The number of allylic oxidation sites excluding steroid dienone is 1. The molecule has 2 aliphatic carbocycles. The van der Waals surface area contributed by atoms with Crippen LogP contribution in [0.5, 0.6) is 11.5 Å². The zero-order chi connectivity index (χ0) is 23.0. The first-order chi connectivity index (χ1) is 16.2. The predicted molar refractivity (Wildman–Crippen MR) is 123 cm³/mol. The molecule has 0 unspecified atom stereocenters. The van der Waals surface area contributed by atoms with Crippen molar-refractivity contribution in [1.29, 1.82) is 0 Å². The second kappa shape index (κ2) is 12.2. The lowest BCUT2D eigenvalue weighted by Gasteiger charge is -2.38. The van der Waals surface area contributed by atoms with E-state index in [0.29, 0.717) is 25.0 Å². The van der Waals surface area contributed by atoms with Crippen LogP contribution in [-0.4, -0.2) is 32.7 Å². The molecule has 4 rings (SSSR count). The molecule has 4 nitrogen and oxygen atoms in total. The third-order valence-electron chi connectivity index (χ3n) is 7.70. The van der Waals surface area contributed by atoms with E-state index in [9.17, 15) is 8.78 Å². The molecule has 1 saturated heterocycles. The Kier molecular flexibility index (Phi) is 9.02. The van der Waals surface area contributed by atoms with Crippen molar-refractivity contribution in [3.05, 3.63) is 36.4 Å². The lowest BCUT2D eigenvalue weighted by atomic mass is 9.69. The molecule has 2 saturated carbocycles. The first-order valence-corrected chi connectivity index (χ1v) is 12.7. The van der Waals surface area contributed by atoms with Gasteiger partial charge < -0.3 is 18.9 Å². The Morgan fingerprint density at radius 2 is 1.36 bits per heavy atom. The summed E-state index contributed by atoms with van der Waals surface area (Å²) in [5.74, 6) is 0.515. The summed E-state index contributed by atoms with van der Waals surface area (Å²) in [4.78, 5) is 0. The molecule has 1 heterocycles. The molecule has 0 amide bonds. The van der Waals surface area contributed by atoms with E-state index in [2.05, 4.69) is 6.58 Å². The van der Waals surface area contributed by atoms with Crippen molar-refractivity contribution in [1.82, 2.24) is 0 Å². The van der Waals surface area contributed by atoms with Crippen LogP contribution in [0.2, 0.25) is 0 Å². The summed E-state index contributed by atoms with van der Waals surface area (Å²) in [5.41, 5.74) is 0. The molecule has 3 fully saturated rings. The number of hydrogen-bond acceptors (Lipinski definition) is 4. The van der Waals surface area contributed by atoms with E-state index in [-0.39, 0.29) is 17.8 Å². The van der Waals surface area contributed by atoms with Crippen molar-refractivity contribution in [2.75, 3.05) is 26.4 Å². The normalized spacial score (nSPS) is 28.5. The minimum absolute atomic E-state index is 0.0252. The summed E-state index contributed by atoms with van der Waals surface area (Å²) >= 11 is 0. The zero-order valence-electron chi connectivity index (χ0n) is 19.6. The van der Waals surface area contributed by atoms with Gasteiger partial charge in [-0.2, -0.15) is 8.78 Å². The van der Waals surface area contributed by atoms with Gasteiger partial charge in [-0.15, -0.1) is 6.58 Å². The molecule has 1 aliphatic heterocycles. The molecule has 0 radical (unpaired) electrons. The highest BCUT2D eigenvalue weighted by Crippen LogP contribution is 2.43. The number of halogens is 2. The van der Waals surface area contributed by atoms with Crippen LogP contribution in [0, 0.1) is 35.3 Å². The van der Waals surface area contributed by atoms with Crippen LogP contribution in [-0.2, 0) is 9.47 Å². The van der Waals surface area contributed by atoms with Gasteiger partial charge in [0.05, 0.1) is 26.4 Å². The van der Waals surface area contributed by atoms with E-state index in [1.165, 1.54) is 50.7 Å². The summed E-state index contributed by atoms with van der Waals surface area (Å²) in [6.45, 7) is 5.88. The Morgan fingerprint density at radius 1 is 0.818 bits per heavy atom. The first-order valence-electron chi connectivity index (χ1n) is 12.7. The molecular formula is C27H38F2O4. The van der Waals surface area contributed by atoms with E-state index in [4.69, 9.17) is 18.9 Å². The number of unbranched alkanes of at least 4 members (excludes halogenated alkanes) is 1. The molecule has 33 heavy (non-hydrogen) atoms. The Bertz CT molecular complexity index is 749. The minimum Gasteiger partial charge on any atom is -0.490 e.